The van der Waals surface area contributed by atoms with E-state index in [4.69, 9.17) is 0 Å². The van der Waals surface area contributed by atoms with Crippen LogP contribution in [0.25, 0.3) is 5.82 Å². The summed E-state index contributed by atoms with van der Waals surface area (Å²) in [6.07, 6.45) is 1.69. The molecule has 0 spiro atoms. The lowest BCUT2D eigenvalue weighted by molar-refractivity contribution is 0.0864. The monoisotopic (exact) mass is 316 g/mol. The molecule has 23 heavy (non-hydrogen) atoms. The van der Waals surface area contributed by atoms with E-state index in [1.807, 2.05) is 18.2 Å². The number of amides is 1. The van der Waals surface area contributed by atoms with Crippen LogP contribution in [0, 0.1) is 0 Å². The fraction of sp³-hybridized carbons (Fsp3) is 0.471. The fourth-order valence-electron chi connectivity index (χ4n) is 2.09. The number of aliphatic hydroxyl groups excluding tert-OH is 1. The number of aliphatic hydroxyl groups is 1. The van der Waals surface area contributed by atoms with E-state index in [-0.39, 0.29) is 17.9 Å². The average Bonchev–Trinajstić information content (AvgIpc) is 2.93. The second-order valence-electron chi connectivity index (χ2n) is 7.26. The molecule has 0 bridgehead atoms. The number of nitrogens with zero attached hydrogens (tertiary/aromatic N) is 3. The predicted molar refractivity (Wildman–Crippen MR) is 88.7 cm³/mol. The van der Waals surface area contributed by atoms with Crippen LogP contribution in [0.3, 0.4) is 0 Å². The fourth-order valence-corrected chi connectivity index (χ4v) is 2.09. The minimum absolute atomic E-state index is 0.147. The highest BCUT2D eigenvalue weighted by Gasteiger charge is 2.27. The summed E-state index contributed by atoms with van der Waals surface area (Å²) >= 11 is 0. The molecular formula is C17H24N4O2. The zero-order chi connectivity index (χ0) is 17.3. The third-order valence-electron chi connectivity index (χ3n) is 3.42. The summed E-state index contributed by atoms with van der Waals surface area (Å²) in [7, 11) is 0. The van der Waals surface area contributed by atoms with Gasteiger partial charge in [0.1, 0.15) is 0 Å². The Morgan fingerprint density at radius 1 is 1.26 bits per heavy atom. The molecule has 0 radical (unpaired) electrons. The second kappa shape index (κ2) is 6.12. The van der Waals surface area contributed by atoms with E-state index in [9.17, 15) is 9.90 Å². The Morgan fingerprint density at radius 3 is 2.48 bits per heavy atom. The van der Waals surface area contributed by atoms with Gasteiger partial charge in [0, 0.05) is 11.6 Å². The topological polar surface area (TPSA) is 80.0 Å². The van der Waals surface area contributed by atoms with Gasteiger partial charge in [0.15, 0.2) is 11.5 Å². The zero-order valence-corrected chi connectivity index (χ0v) is 14.3. The molecule has 2 heterocycles. The molecule has 0 unspecified atom stereocenters. The van der Waals surface area contributed by atoms with Crippen LogP contribution >= 0.6 is 0 Å². The summed E-state index contributed by atoms with van der Waals surface area (Å²) in [5.41, 5.74) is 0.300. The average molecular weight is 316 g/mol. The zero-order valence-electron chi connectivity index (χ0n) is 14.3. The van der Waals surface area contributed by atoms with Crippen molar-refractivity contribution in [3.05, 3.63) is 41.9 Å². The Balaban J connectivity index is 2.45. The quantitative estimate of drug-likeness (QED) is 0.905. The van der Waals surface area contributed by atoms with E-state index in [1.54, 1.807) is 30.8 Å². The number of aromatic nitrogens is 3. The van der Waals surface area contributed by atoms with Crippen LogP contribution < -0.4 is 5.32 Å². The third-order valence-corrected chi connectivity index (χ3v) is 3.42. The van der Waals surface area contributed by atoms with Crippen molar-refractivity contribution < 1.29 is 9.90 Å². The largest absolute Gasteiger partial charge is 0.394 e. The summed E-state index contributed by atoms with van der Waals surface area (Å²) < 4.78 is 1.70. The van der Waals surface area contributed by atoms with Gasteiger partial charge in [-0.15, -0.1) is 0 Å². The van der Waals surface area contributed by atoms with Gasteiger partial charge in [0.05, 0.1) is 17.8 Å². The maximum Gasteiger partial charge on any atom is 0.272 e. The molecule has 0 saturated carbocycles. The summed E-state index contributed by atoms with van der Waals surface area (Å²) in [5, 5.41) is 16.5. The minimum atomic E-state index is -0.701. The molecule has 2 aromatic heterocycles. The van der Waals surface area contributed by atoms with Crippen molar-refractivity contribution in [1.82, 2.24) is 20.1 Å². The van der Waals surface area contributed by atoms with E-state index >= 15 is 0 Å². The first kappa shape index (κ1) is 17.1. The van der Waals surface area contributed by atoms with Gasteiger partial charge in [-0.05, 0) is 32.0 Å². The SMILES string of the molecule is CC(C)(CO)NC(=O)c1cc(C(C)(C)C)n(-c2ccccn2)n1. The van der Waals surface area contributed by atoms with Gasteiger partial charge in [-0.2, -0.15) is 5.10 Å². The molecule has 124 valence electrons. The molecule has 0 aliphatic rings. The van der Waals surface area contributed by atoms with Crippen molar-refractivity contribution in [3.63, 3.8) is 0 Å². The van der Waals surface area contributed by atoms with Crippen molar-refractivity contribution in [2.75, 3.05) is 6.61 Å². The van der Waals surface area contributed by atoms with Crippen molar-refractivity contribution in [2.45, 2.75) is 45.6 Å². The predicted octanol–water partition coefficient (Wildman–Crippen LogP) is 2.07. The molecule has 0 fully saturated rings. The van der Waals surface area contributed by atoms with Crippen LogP contribution in [-0.2, 0) is 5.41 Å². The van der Waals surface area contributed by atoms with Gasteiger partial charge >= 0.3 is 0 Å². The van der Waals surface area contributed by atoms with Crippen LogP contribution in [0.1, 0.15) is 50.8 Å². The van der Waals surface area contributed by atoms with Gasteiger partial charge in [0.2, 0.25) is 0 Å². The Kier molecular flexibility index (Phi) is 4.56. The van der Waals surface area contributed by atoms with Crippen molar-refractivity contribution in [3.8, 4) is 5.82 Å². The Bertz CT molecular complexity index is 684. The molecule has 2 N–H and O–H groups in total. The molecule has 0 aliphatic carbocycles. The molecule has 1 amide bonds. The Hall–Kier alpha value is -2.21. The van der Waals surface area contributed by atoms with Gasteiger partial charge in [0.25, 0.3) is 5.91 Å². The van der Waals surface area contributed by atoms with Gasteiger partial charge in [-0.25, -0.2) is 9.67 Å². The highest BCUT2D eigenvalue weighted by atomic mass is 16.3. The highest BCUT2D eigenvalue weighted by molar-refractivity contribution is 5.93. The third kappa shape index (κ3) is 3.96. The van der Waals surface area contributed by atoms with Crippen LogP contribution in [0.4, 0.5) is 0 Å². The molecule has 0 aromatic carbocycles. The lowest BCUT2D eigenvalue weighted by Gasteiger charge is -2.22. The van der Waals surface area contributed by atoms with Gasteiger partial charge < -0.3 is 10.4 Å². The minimum Gasteiger partial charge on any atom is -0.394 e. The first-order valence-corrected chi connectivity index (χ1v) is 7.59. The summed E-state index contributed by atoms with van der Waals surface area (Å²) in [4.78, 5) is 16.7. The van der Waals surface area contributed by atoms with Crippen molar-refractivity contribution in [1.29, 1.82) is 0 Å². The molecule has 2 aromatic rings. The highest BCUT2D eigenvalue weighted by Crippen LogP contribution is 2.25. The maximum absolute atomic E-state index is 12.4. The molecule has 6 nitrogen and oxygen atoms in total. The van der Waals surface area contributed by atoms with Gasteiger partial charge in [-0.3, -0.25) is 4.79 Å². The van der Waals surface area contributed by atoms with E-state index < -0.39 is 5.54 Å². The van der Waals surface area contributed by atoms with E-state index in [1.165, 1.54) is 0 Å². The first-order valence-electron chi connectivity index (χ1n) is 7.59. The summed E-state index contributed by atoms with van der Waals surface area (Å²) in [6.45, 7) is 9.54. The number of carbonyl (C=O) groups excluding carboxylic acids is 1. The number of carbonyl (C=O) groups is 1. The lowest BCUT2D eigenvalue weighted by atomic mass is 9.91. The molecular weight excluding hydrogens is 292 g/mol. The number of pyridine rings is 1. The lowest BCUT2D eigenvalue weighted by Crippen LogP contribution is -2.46. The van der Waals surface area contributed by atoms with Crippen LogP contribution in [0.2, 0.25) is 0 Å². The van der Waals surface area contributed by atoms with E-state index in [2.05, 4.69) is 36.2 Å². The summed E-state index contributed by atoms with van der Waals surface area (Å²) in [6, 6.07) is 7.34. The Labute approximate surface area is 136 Å². The van der Waals surface area contributed by atoms with Gasteiger partial charge in [-0.1, -0.05) is 26.8 Å². The molecule has 0 atom stereocenters. The smallest absolute Gasteiger partial charge is 0.272 e. The van der Waals surface area contributed by atoms with E-state index in [0.717, 1.165) is 5.69 Å². The van der Waals surface area contributed by atoms with Crippen LogP contribution in [0.5, 0.6) is 0 Å². The number of hydrogen-bond donors (Lipinski definition) is 2. The van der Waals surface area contributed by atoms with Crippen LogP contribution in [0.15, 0.2) is 30.5 Å². The van der Waals surface area contributed by atoms with Crippen molar-refractivity contribution in [2.24, 2.45) is 0 Å². The molecule has 6 heteroatoms. The molecule has 0 saturated heterocycles. The summed E-state index contributed by atoms with van der Waals surface area (Å²) in [5.74, 6) is 0.349. The molecule has 2 rings (SSSR count). The standard InChI is InChI=1S/C17H24N4O2/c1-16(2,3)13-10-12(15(23)19-17(4,5)11-22)20-21(13)14-8-6-7-9-18-14/h6-10,22H,11H2,1-5H3,(H,19,23). The first-order chi connectivity index (χ1) is 10.6. The Morgan fingerprint density at radius 2 is 1.96 bits per heavy atom. The number of rotatable bonds is 4. The number of hydrogen-bond acceptors (Lipinski definition) is 4. The second-order valence-corrected chi connectivity index (χ2v) is 7.26. The maximum atomic E-state index is 12.4. The number of nitrogens with one attached hydrogen (secondary N) is 1. The van der Waals surface area contributed by atoms with Crippen LogP contribution in [-0.4, -0.2) is 37.9 Å². The van der Waals surface area contributed by atoms with Crippen molar-refractivity contribution >= 4 is 5.91 Å². The molecule has 0 aliphatic heterocycles. The normalized spacial score (nSPS) is 12.3. The van der Waals surface area contributed by atoms with E-state index in [0.29, 0.717) is 11.5 Å².